The van der Waals surface area contributed by atoms with Crippen LogP contribution in [0.4, 0.5) is 0 Å². The first-order valence-electron chi connectivity index (χ1n) is 5.53. The van der Waals surface area contributed by atoms with Gasteiger partial charge in [-0.15, -0.1) is 0 Å². The summed E-state index contributed by atoms with van der Waals surface area (Å²) in [6, 6.07) is 1.21. The third-order valence-corrected chi connectivity index (χ3v) is 4.16. The smallest absolute Gasteiger partial charge is 0.154 e. The molecule has 80 valence electrons. The number of hydrogen-bond donors (Lipinski definition) is 2. The fraction of sp³-hybridized carbons (Fsp3) is 0.900. The van der Waals surface area contributed by atoms with E-state index < -0.39 is 0 Å². The lowest BCUT2D eigenvalue weighted by Gasteiger charge is -2.30. The predicted molar refractivity (Wildman–Crippen MR) is 62.7 cm³/mol. The summed E-state index contributed by atoms with van der Waals surface area (Å²) >= 11 is 1.77. The molecule has 3 atom stereocenters. The maximum atomic E-state index is 5.73. The molecule has 0 radical (unpaired) electrons. The van der Waals surface area contributed by atoms with E-state index in [9.17, 15) is 0 Å². The lowest BCUT2D eigenvalue weighted by Crippen LogP contribution is -2.39. The lowest BCUT2D eigenvalue weighted by molar-refractivity contribution is 0.356. The standard InChI is InChI=1S/C10H19N3S/c1-2-5-12-7-3-4-8-9(6-7)14-10(11)13-8/h7-9,12H,2-6H2,1H3,(H2,11,13)/t7-,8+,9-/m0/s1. The molecule has 3 N–H and O–H groups in total. The van der Waals surface area contributed by atoms with E-state index >= 15 is 0 Å². The Labute approximate surface area is 89.9 Å². The number of nitrogens with two attached hydrogens (primary N) is 1. The second-order valence-corrected chi connectivity index (χ2v) is 5.41. The first kappa shape index (κ1) is 10.3. The quantitative estimate of drug-likeness (QED) is 0.744. The Morgan fingerprint density at radius 2 is 2.43 bits per heavy atom. The highest BCUT2D eigenvalue weighted by molar-refractivity contribution is 8.14. The monoisotopic (exact) mass is 213 g/mol. The minimum Gasteiger partial charge on any atom is -0.379 e. The van der Waals surface area contributed by atoms with Crippen LogP contribution in [-0.4, -0.2) is 29.0 Å². The van der Waals surface area contributed by atoms with Crippen molar-refractivity contribution in [1.82, 2.24) is 5.32 Å². The van der Waals surface area contributed by atoms with Crippen molar-refractivity contribution in [3.05, 3.63) is 0 Å². The number of fused-ring (bicyclic) bond motifs is 1. The fourth-order valence-corrected chi connectivity index (χ4v) is 3.46. The van der Waals surface area contributed by atoms with Crippen molar-refractivity contribution >= 4 is 16.9 Å². The van der Waals surface area contributed by atoms with Crippen LogP contribution < -0.4 is 11.1 Å². The van der Waals surface area contributed by atoms with Gasteiger partial charge in [0.1, 0.15) is 0 Å². The highest BCUT2D eigenvalue weighted by atomic mass is 32.2. The van der Waals surface area contributed by atoms with E-state index in [1.54, 1.807) is 11.8 Å². The molecule has 0 amide bonds. The van der Waals surface area contributed by atoms with E-state index in [0.717, 1.165) is 11.7 Å². The van der Waals surface area contributed by atoms with Crippen molar-refractivity contribution in [3.8, 4) is 0 Å². The zero-order chi connectivity index (χ0) is 9.97. The van der Waals surface area contributed by atoms with Crippen LogP contribution in [0.15, 0.2) is 4.99 Å². The molecule has 1 aliphatic carbocycles. The zero-order valence-electron chi connectivity index (χ0n) is 8.70. The van der Waals surface area contributed by atoms with Gasteiger partial charge in [0.2, 0.25) is 0 Å². The third kappa shape index (κ3) is 2.23. The summed E-state index contributed by atoms with van der Waals surface area (Å²) in [6.45, 7) is 3.35. The molecule has 2 rings (SSSR count). The third-order valence-electron chi connectivity index (χ3n) is 3.01. The van der Waals surface area contributed by atoms with Crippen LogP contribution in [0.1, 0.15) is 32.6 Å². The Kier molecular flexibility index (Phi) is 3.34. The Hall–Kier alpha value is -0.220. The average molecular weight is 213 g/mol. The number of aliphatic imine (C=N–C) groups is 1. The number of rotatable bonds is 3. The van der Waals surface area contributed by atoms with Crippen LogP contribution in [0.2, 0.25) is 0 Å². The van der Waals surface area contributed by atoms with Gasteiger partial charge in [0.25, 0.3) is 0 Å². The largest absolute Gasteiger partial charge is 0.379 e. The van der Waals surface area contributed by atoms with Crippen LogP contribution in [0.25, 0.3) is 0 Å². The van der Waals surface area contributed by atoms with Crippen LogP contribution in [0, 0.1) is 0 Å². The molecule has 0 saturated heterocycles. The molecule has 0 spiro atoms. The van der Waals surface area contributed by atoms with E-state index in [0.29, 0.717) is 17.3 Å². The van der Waals surface area contributed by atoms with Crippen molar-refractivity contribution in [3.63, 3.8) is 0 Å². The molecule has 14 heavy (non-hydrogen) atoms. The molecule has 4 heteroatoms. The van der Waals surface area contributed by atoms with E-state index in [1.807, 2.05) is 0 Å². The molecular formula is C10H19N3S. The summed E-state index contributed by atoms with van der Waals surface area (Å²) in [5.41, 5.74) is 5.73. The zero-order valence-corrected chi connectivity index (χ0v) is 9.52. The molecule has 1 aliphatic heterocycles. The van der Waals surface area contributed by atoms with Crippen LogP contribution in [-0.2, 0) is 0 Å². The molecule has 1 saturated carbocycles. The van der Waals surface area contributed by atoms with Gasteiger partial charge in [0.05, 0.1) is 6.04 Å². The molecule has 1 heterocycles. The highest BCUT2D eigenvalue weighted by Gasteiger charge is 2.34. The summed E-state index contributed by atoms with van der Waals surface area (Å²) < 4.78 is 0. The van der Waals surface area contributed by atoms with Crippen molar-refractivity contribution in [2.45, 2.75) is 49.9 Å². The predicted octanol–water partition coefficient (Wildman–Crippen LogP) is 1.34. The van der Waals surface area contributed by atoms with Gasteiger partial charge in [-0.1, -0.05) is 18.7 Å². The van der Waals surface area contributed by atoms with Gasteiger partial charge in [-0.05, 0) is 32.2 Å². The molecule has 0 aromatic heterocycles. The van der Waals surface area contributed by atoms with Crippen molar-refractivity contribution in [2.24, 2.45) is 10.7 Å². The topological polar surface area (TPSA) is 50.4 Å². The average Bonchev–Trinajstić information content (AvgIpc) is 2.54. The van der Waals surface area contributed by atoms with Gasteiger partial charge in [0.15, 0.2) is 5.17 Å². The number of hydrogen-bond acceptors (Lipinski definition) is 4. The van der Waals surface area contributed by atoms with Gasteiger partial charge < -0.3 is 11.1 Å². The first-order chi connectivity index (χ1) is 6.79. The fourth-order valence-electron chi connectivity index (χ4n) is 2.27. The normalized spacial score (nSPS) is 36.6. The summed E-state index contributed by atoms with van der Waals surface area (Å²) in [4.78, 5) is 4.45. The molecule has 0 unspecified atom stereocenters. The maximum Gasteiger partial charge on any atom is 0.154 e. The molecule has 2 aliphatic rings. The molecular weight excluding hydrogens is 194 g/mol. The van der Waals surface area contributed by atoms with E-state index in [1.165, 1.54) is 25.7 Å². The Balaban J connectivity index is 1.82. The summed E-state index contributed by atoms with van der Waals surface area (Å²) in [7, 11) is 0. The minimum absolute atomic E-state index is 0.514. The van der Waals surface area contributed by atoms with Gasteiger partial charge in [-0.3, -0.25) is 4.99 Å². The number of thioether (sulfide) groups is 1. The van der Waals surface area contributed by atoms with Crippen molar-refractivity contribution in [2.75, 3.05) is 6.54 Å². The van der Waals surface area contributed by atoms with Crippen LogP contribution in [0.5, 0.6) is 0 Å². The summed E-state index contributed by atoms with van der Waals surface area (Å²) in [5, 5.41) is 5.05. The maximum absolute atomic E-state index is 5.73. The Morgan fingerprint density at radius 1 is 1.57 bits per heavy atom. The summed E-state index contributed by atoms with van der Waals surface area (Å²) in [5.74, 6) is 0. The van der Waals surface area contributed by atoms with Gasteiger partial charge in [-0.25, -0.2) is 0 Å². The Morgan fingerprint density at radius 3 is 3.21 bits per heavy atom. The van der Waals surface area contributed by atoms with Crippen LogP contribution >= 0.6 is 11.8 Å². The minimum atomic E-state index is 0.514. The molecule has 0 aromatic rings. The second kappa shape index (κ2) is 4.53. The van der Waals surface area contributed by atoms with E-state index in [4.69, 9.17) is 5.73 Å². The highest BCUT2D eigenvalue weighted by Crippen LogP contribution is 2.35. The van der Waals surface area contributed by atoms with E-state index in [2.05, 4.69) is 17.2 Å². The lowest BCUT2D eigenvalue weighted by atomic mass is 9.91. The number of nitrogens with zero attached hydrogens (tertiary/aromatic N) is 1. The molecule has 0 bridgehead atoms. The Bertz CT molecular complexity index is 229. The van der Waals surface area contributed by atoms with Crippen LogP contribution in [0.3, 0.4) is 0 Å². The molecule has 0 aromatic carbocycles. The number of nitrogens with one attached hydrogen (secondary N) is 1. The van der Waals surface area contributed by atoms with Crippen molar-refractivity contribution < 1.29 is 0 Å². The van der Waals surface area contributed by atoms with Gasteiger partial charge in [-0.2, -0.15) is 0 Å². The summed E-state index contributed by atoms with van der Waals surface area (Å²) in [6.07, 6.45) is 4.92. The van der Waals surface area contributed by atoms with Crippen molar-refractivity contribution in [1.29, 1.82) is 0 Å². The first-order valence-corrected chi connectivity index (χ1v) is 6.41. The second-order valence-electron chi connectivity index (χ2n) is 4.16. The molecule has 3 nitrogen and oxygen atoms in total. The van der Waals surface area contributed by atoms with E-state index in [-0.39, 0.29) is 0 Å². The molecule has 1 fully saturated rings. The van der Waals surface area contributed by atoms with Gasteiger partial charge >= 0.3 is 0 Å². The van der Waals surface area contributed by atoms with Gasteiger partial charge in [0, 0.05) is 11.3 Å². The number of amidine groups is 1. The SMILES string of the molecule is CCCN[C@H]1CC[C@H]2N=C(N)S[C@H]2C1.